The zero-order valence-electron chi connectivity index (χ0n) is 12.0. The molecule has 0 saturated carbocycles. The minimum Gasteiger partial charge on any atom is -0.459 e. The minimum absolute atomic E-state index is 0.0286. The fourth-order valence-corrected chi connectivity index (χ4v) is 2.80. The first-order chi connectivity index (χ1) is 10.1. The lowest BCUT2D eigenvalue weighted by atomic mass is 9.99. The van der Waals surface area contributed by atoms with Crippen molar-refractivity contribution in [3.05, 3.63) is 35.3 Å². The summed E-state index contributed by atoms with van der Waals surface area (Å²) in [5.74, 6) is 0.483. The number of hydrogen-bond donors (Lipinski definition) is 2. The Bertz CT molecular complexity index is 660. The standard InChI is InChI=1S/C16H19FN2O2/c1-10-13-7-12(17)4-5-14(13)21-15(10)9-19-16(20)11-3-2-6-18-8-11/h4-5,7,11,18H,2-3,6,8-9H2,1H3,(H,19,20). The molecule has 4 nitrogen and oxygen atoms in total. The first-order valence-corrected chi connectivity index (χ1v) is 7.31. The Kier molecular flexibility index (Phi) is 3.92. The van der Waals surface area contributed by atoms with Gasteiger partial charge < -0.3 is 15.1 Å². The molecule has 1 aromatic heterocycles. The zero-order chi connectivity index (χ0) is 14.8. The molecular formula is C16H19FN2O2. The average Bonchev–Trinajstić information content (AvgIpc) is 2.82. The first kappa shape index (κ1) is 14.1. The molecule has 1 atom stereocenters. The normalized spacial score (nSPS) is 18.9. The van der Waals surface area contributed by atoms with Crippen LogP contribution in [0.1, 0.15) is 24.2 Å². The van der Waals surface area contributed by atoms with E-state index in [1.807, 2.05) is 6.92 Å². The molecule has 1 saturated heterocycles. The van der Waals surface area contributed by atoms with Gasteiger partial charge in [0.1, 0.15) is 17.2 Å². The third kappa shape index (κ3) is 2.93. The van der Waals surface area contributed by atoms with E-state index in [0.717, 1.165) is 36.9 Å². The molecule has 2 aromatic rings. The number of aryl methyl sites for hydroxylation is 1. The molecule has 1 fully saturated rings. The van der Waals surface area contributed by atoms with Gasteiger partial charge in [-0.25, -0.2) is 4.39 Å². The summed E-state index contributed by atoms with van der Waals surface area (Å²) in [5, 5.41) is 6.91. The summed E-state index contributed by atoms with van der Waals surface area (Å²) in [7, 11) is 0. The van der Waals surface area contributed by atoms with Crippen LogP contribution >= 0.6 is 0 Å². The molecule has 0 bridgehead atoms. The number of piperidine rings is 1. The Morgan fingerprint density at radius 2 is 2.38 bits per heavy atom. The number of furan rings is 1. The van der Waals surface area contributed by atoms with E-state index in [9.17, 15) is 9.18 Å². The lowest BCUT2D eigenvalue weighted by Crippen LogP contribution is -2.40. The van der Waals surface area contributed by atoms with Crippen molar-refractivity contribution < 1.29 is 13.6 Å². The van der Waals surface area contributed by atoms with Gasteiger partial charge in [-0.05, 0) is 44.5 Å². The fraction of sp³-hybridized carbons (Fsp3) is 0.438. The van der Waals surface area contributed by atoms with Crippen LogP contribution in [-0.2, 0) is 11.3 Å². The van der Waals surface area contributed by atoms with E-state index in [1.165, 1.54) is 12.1 Å². The van der Waals surface area contributed by atoms with Crippen LogP contribution in [0.15, 0.2) is 22.6 Å². The van der Waals surface area contributed by atoms with Gasteiger partial charge in [0.2, 0.25) is 5.91 Å². The Hall–Kier alpha value is -1.88. The maximum absolute atomic E-state index is 13.3. The van der Waals surface area contributed by atoms with E-state index >= 15 is 0 Å². The second-order valence-corrected chi connectivity index (χ2v) is 5.55. The third-order valence-electron chi connectivity index (χ3n) is 4.09. The predicted octanol–water partition coefficient (Wildman–Crippen LogP) is 2.50. The summed E-state index contributed by atoms with van der Waals surface area (Å²) < 4.78 is 19.0. The topological polar surface area (TPSA) is 54.3 Å². The lowest BCUT2D eigenvalue weighted by molar-refractivity contribution is -0.125. The van der Waals surface area contributed by atoms with E-state index in [-0.39, 0.29) is 17.6 Å². The van der Waals surface area contributed by atoms with Gasteiger partial charge in [0.05, 0.1) is 12.5 Å². The summed E-state index contributed by atoms with van der Waals surface area (Å²) in [5.41, 5.74) is 1.53. The van der Waals surface area contributed by atoms with Crippen molar-refractivity contribution in [3.63, 3.8) is 0 Å². The van der Waals surface area contributed by atoms with Crippen LogP contribution in [0.5, 0.6) is 0 Å². The summed E-state index contributed by atoms with van der Waals surface area (Å²) in [6.45, 7) is 3.95. The Balaban J connectivity index is 1.70. The van der Waals surface area contributed by atoms with Gasteiger partial charge in [0.25, 0.3) is 0 Å². The molecule has 3 rings (SSSR count). The van der Waals surface area contributed by atoms with E-state index in [4.69, 9.17) is 4.42 Å². The summed E-state index contributed by atoms with van der Waals surface area (Å²) in [6, 6.07) is 4.46. The zero-order valence-corrected chi connectivity index (χ0v) is 12.0. The van der Waals surface area contributed by atoms with Gasteiger partial charge in [0, 0.05) is 17.5 Å². The number of halogens is 1. The molecular weight excluding hydrogens is 271 g/mol. The summed E-state index contributed by atoms with van der Waals surface area (Å²) >= 11 is 0. The second kappa shape index (κ2) is 5.85. The number of benzene rings is 1. The van der Waals surface area contributed by atoms with Crippen molar-refractivity contribution in [2.45, 2.75) is 26.3 Å². The highest BCUT2D eigenvalue weighted by atomic mass is 19.1. The number of carbonyl (C=O) groups is 1. The number of amides is 1. The number of nitrogens with one attached hydrogen (secondary N) is 2. The molecule has 1 aliphatic heterocycles. The summed E-state index contributed by atoms with van der Waals surface area (Å²) in [4.78, 5) is 12.1. The van der Waals surface area contributed by atoms with Crippen molar-refractivity contribution in [1.82, 2.24) is 10.6 Å². The van der Waals surface area contributed by atoms with E-state index in [2.05, 4.69) is 10.6 Å². The van der Waals surface area contributed by atoms with Gasteiger partial charge in [-0.3, -0.25) is 4.79 Å². The quantitative estimate of drug-likeness (QED) is 0.913. The molecule has 112 valence electrons. The molecule has 1 aromatic carbocycles. The fourth-order valence-electron chi connectivity index (χ4n) is 2.80. The third-order valence-corrected chi connectivity index (χ3v) is 4.09. The maximum atomic E-state index is 13.3. The Labute approximate surface area is 122 Å². The van der Waals surface area contributed by atoms with Crippen molar-refractivity contribution >= 4 is 16.9 Å². The van der Waals surface area contributed by atoms with E-state index in [1.54, 1.807) is 6.07 Å². The first-order valence-electron chi connectivity index (χ1n) is 7.31. The molecule has 0 radical (unpaired) electrons. The van der Waals surface area contributed by atoms with Gasteiger partial charge in [0.15, 0.2) is 0 Å². The molecule has 1 unspecified atom stereocenters. The monoisotopic (exact) mass is 290 g/mol. The molecule has 0 spiro atoms. The highest BCUT2D eigenvalue weighted by Gasteiger charge is 2.21. The number of rotatable bonds is 3. The van der Waals surface area contributed by atoms with Crippen LogP contribution in [-0.4, -0.2) is 19.0 Å². The van der Waals surface area contributed by atoms with Crippen LogP contribution in [0, 0.1) is 18.7 Å². The van der Waals surface area contributed by atoms with Crippen LogP contribution in [0.25, 0.3) is 11.0 Å². The largest absolute Gasteiger partial charge is 0.459 e. The van der Waals surface area contributed by atoms with E-state index < -0.39 is 0 Å². The average molecular weight is 290 g/mol. The molecule has 2 heterocycles. The Morgan fingerprint density at radius 3 is 3.14 bits per heavy atom. The van der Waals surface area contributed by atoms with Gasteiger partial charge in [-0.15, -0.1) is 0 Å². The van der Waals surface area contributed by atoms with Gasteiger partial charge in [-0.1, -0.05) is 0 Å². The van der Waals surface area contributed by atoms with Crippen LogP contribution in [0.2, 0.25) is 0 Å². The van der Waals surface area contributed by atoms with Crippen LogP contribution in [0.4, 0.5) is 4.39 Å². The van der Waals surface area contributed by atoms with Crippen molar-refractivity contribution in [3.8, 4) is 0 Å². The van der Waals surface area contributed by atoms with Crippen molar-refractivity contribution in [2.24, 2.45) is 5.92 Å². The highest BCUT2D eigenvalue weighted by molar-refractivity contribution is 5.82. The molecule has 2 N–H and O–H groups in total. The maximum Gasteiger partial charge on any atom is 0.224 e. The molecule has 0 aliphatic carbocycles. The smallest absolute Gasteiger partial charge is 0.224 e. The van der Waals surface area contributed by atoms with Crippen LogP contribution in [0.3, 0.4) is 0 Å². The summed E-state index contributed by atoms with van der Waals surface area (Å²) in [6.07, 6.45) is 1.95. The van der Waals surface area contributed by atoms with Gasteiger partial charge in [-0.2, -0.15) is 0 Å². The molecule has 1 amide bonds. The number of fused-ring (bicyclic) bond motifs is 1. The molecule has 5 heteroatoms. The van der Waals surface area contributed by atoms with Crippen molar-refractivity contribution in [1.29, 1.82) is 0 Å². The van der Waals surface area contributed by atoms with Gasteiger partial charge >= 0.3 is 0 Å². The predicted molar refractivity (Wildman–Crippen MR) is 78.3 cm³/mol. The van der Waals surface area contributed by atoms with Crippen molar-refractivity contribution in [2.75, 3.05) is 13.1 Å². The number of hydrogen-bond acceptors (Lipinski definition) is 3. The highest BCUT2D eigenvalue weighted by Crippen LogP contribution is 2.26. The molecule has 21 heavy (non-hydrogen) atoms. The SMILES string of the molecule is Cc1c(CNC(=O)C2CCCNC2)oc2ccc(F)cc12. The second-order valence-electron chi connectivity index (χ2n) is 5.55. The van der Waals surface area contributed by atoms with E-state index in [0.29, 0.717) is 17.9 Å². The van der Waals surface area contributed by atoms with Crippen LogP contribution < -0.4 is 10.6 Å². The lowest BCUT2D eigenvalue weighted by Gasteiger charge is -2.21. The Morgan fingerprint density at radius 1 is 1.52 bits per heavy atom. The minimum atomic E-state index is -0.282. The molecule has 1 aliphatic rings. The number of carbonyl (C=O) groups excluding carboxylic acids is 1.